The first-order valence-electron chi connectivity index (χ1n) is 4.60. The highest BCUT2D eigenvalue weighted by Gasteiger charge is 2.33. The number of nitrogens with zero attached hydrogens (tertiary/aromatic N) is 1. The van der Waals surface area contributed by atoms with E-state index in [1.165, 1.54) is 24.3 Å². The highest BCUT2D eigenvalue weighted by molar-refractivity contribution is 7.89. The first-order valence-corrected chi connectivity index (χ1v) is 6.04. The normalized spacial score (nSPS) is 17.8. The van der Waals surface area contributed by atoms with Crippen LogP contribution in [0.2, 0.25) is 0 Å². The molecule has 0 amide bonds. The van der Waals surface area contributed by atoms with Gasteiger partial charge in [-0.3, -0.25) is 4.31 Å². The van der Waals surface area contributed by atoms with E-state index in [2.05, 4.69) is 0 Å². The molecule has 0 radical (unpaired) electrons. The monoisotopic (exact) mass is 254 g/mol. The highest BCUT2D eigenvalue weighted by atomic mass is 32.2. The van der Waals surface area contributed by atoms with Gasteiger partial charge in [-0.15, -0.1) is 0 Å². The second-order valence-electron chi connectivity index (χ2n) is 3.45. The molecule has 17 heavy (non-hydrogen) atoms. The highest BCUT2D eigenvalue weighted by Crippen LogP contribution is 2.32. The molecule has 1 aromatic rings. The number of carboxylic acid groups (broad SMARTS) is 1. The second-order valence-corrected chi connectivity index (χ2v) is 5.39. The Hall–Kier alpha value is -2.02. The molecule has 0 saturated carbocycles. The fraction of sp³-hybridized carbons (Fsp3) is 0.100. The molecule has 2 rings (SSSR count). The molecule has 1 aliphatic rings. The minimum atomic E-state index is -3.95. The largest absolute Gasteiger partial charge is 0.870 e. The zero-order valence-corrected chi connectivity index (χ0v) is 9.56. The lowest BCUT2D eigenvalue weighted by Gasteiger charge is -2.32. The van der Waals surface area contributed by atoms with E-state index in [0.717, 1.165) is 7.05 Å². The Labute approximate surface area is 97.5 Å². The van der Waals surface area contributed by atoms with Crippen molar-refractivity contribution in [3.8, 4) is 0 Å². The molecule has 0 atom stereocenters. The number of hydrogen-bond donors (Lipinski definition) is 1. The zero-order chi connectivity index (χ0) is 12.8. The Morgan fingerprint density at radius 3 is 2.53 bits per heavy atom. The lowest BCUT2D eigenvalue weighted by molar-refractivity contribution is -0.246. The maximum Gasteiger partial charge on any atom is 0.352 e. The second kappa shape index (κ2) is 3.49. The molecule has 90 valence electrons. The van der Waals surface area contributed by atoms with Crippen molar-refractivity contribution in [2.75, 3.05) is 7.05 Å². The lowest BCUT2D eigenvalue weighted by Crippen LogP contribution is -2.37. The standard InChI is InChI=1S/C10H9NO5S/c1-11-8(10(13)14)9(12)6-4-2-3-5-7(6)17(11,15)16/h2-5,12H,1H3,(H,13,14)/p-1. The summed E-state index contributed by atoms with van der Waals surface area (Å²) < 4.78 is 24.4. The molecular weight excluding hydrogens is 246 g/mol. The Bertz CT molecular complexity index is 632. The third-order valence-electron chi connectivity index (χ3n) is 2.50. The van der Waals surface area contributed by atoms with Crippen molar-refractivity contribution in [3.05, 3.63) is 35.5 Å². The number of carboxylic acids is 1. The van der Waals surface area contributed by atoms with E-state index >= 15 is 0 Å². The summed E-state index contributed by atoms with van der Waals surface area (Å²) in [5, 5.41) is 20.7. The van der Waals surface area contributed by atoms with Crippen molar-refractivity contribution < 1.29 is 23.4 Å². The molecule has 0 unspecified atom stereocenters. The first-order chi connectivity index (χ1) is 7.87. The van der Waals surface area contributed by atoms with Crippen LogP contribution in [0.25, 0.3) is 5.76 Å². The number of sulfonamides is 1. The Morgan fingerprint density at radius 2 is 1.94 bits per heavy atom. The third kappa shape index (κ3) is 1.47. The summed E-state index contributed by atoms with van der Waals surface area (Å²) in [5.41, 5.74) is -0.869. The van der Waals surface area contributed by atoms with Crippen molar-refractivity contribution in [2.45, 2.75) is 4.90 Å². The average molecular weight is 254 g/mol. The summed E-state index contributed by atoms with van der Waals surface area (Å²) in [5.74, 6) is -2.36. The quantitative estimate of drug-likeness (QED) is 0.724. The average Bonchev–Trinajstić information content (AvgIpc) is 2.27. The van der Waals surface area contributed by atoms with E-state index in [0.29, 0.717) is 4.31 Å². The lowest BCUT2D eigenvalue weighted by atomic mass is 10.1. The van der Waals surface area contributed by atoms with Crippen LogP contribution in [0.3, 0.4) is 0 Å². The molecule has 0 aliphatic carbocycles. The number of rotatable bonds is 1. The molecule has 0 fully saturated rings. The number of hydrogen-bond acceptors (Lipinski definition) is 4. The van der Waals surface area contributed by atoms with Crippen LogP contribution >= 0.6 is 0 Å². The number of aliphatic carboxylic acids is 1. The predicted octanol–water partition coefficient (Wildman–Crippen LogP) is -0.566. The van der Waals surface area contributed by atoms with E-state index in [-0.39, 0.29) is 10.5 Å². The third-order valence-corrected chi connectivity index (χ3v) is 4.32. The molecule has 1 heterocycles. The van der Waals surface area contributed by atoms with Crippen molar-refractivity contribution >= 4 is 21.8 Å². The summed E-state index contributed by atoms with van der Waals surface area (Å²) in [7, 11) is -2.90. The molecular formula is C10H8NO5S-. The van der Waals surface area contributed by atoms with E-state index in [1.54, 1.807) is 0 Å². The van der Waals surface area contributed by atoms with Crippen molar-refractivity contribution in [2.24, 2.45) is 0 Å². The predicted molar refractivity (Wildman–Crippen MR) is 55.9 cm³/mol. The Balaban J connectivity index is 2.87. The summed E-state index contributed by atoms with van der Waals surface area (Å²) in [4.78, 5) is 10.7. The van der Waals surface area contributed by atoms with Crippen LogP contribution in [0.4, 0.5) is 0 Å². The number of fused-ring (bicyclic) bond motifs is 1. The fourth-order valence-electron chi connectivity index (χ4n) is 1.65. The molecule has 0 aromatic heterocycles. The van der Waals surface area contributed by atoms with Gasteiger partial charge in [-0.05, 0) is 11.6 Å². The van der Waals surface area contributed by atoms with Crippen LogP contribution in [-0.2, 0) is 14.8 Å². The fourth-order valence-corrected chi connectivity index (χ4v) is 3.03. The Morgan fingerprint density at radius 1 is 1.35 bits per heavy atom. The molecule has 7 heteroatoms. The molecule has 1 aromatic carbocycles. The molecule has 1 aliphatic heterocycles. The smallest absolute Gasteiger partial charge is 0.352 e. The number of benzene rings is 1. The molecule has 0 bridgehead atoms. The van der Waals surface area contributed by atoms with Gasteiger partial charge in [0, 0.05) is 7.05 Å². The maximum atomic E-state index is 12.0. The van der Waals surface area contributed by atoms with Gasteiger partial charge in [0.2, 0.25) is 0 Å². The summed E-state index contributed by atoms with van der Waals surface area (Å²) in [6.45, 7) is 0. The number of carbonyl (C=O) groups is 1. The summed E-state index contributed by atoms with van der Waals surface area (Å²) >= 11 is 0. The van der Waals surface area contributed by atoms with Gasteiger partial charge in [0.1, 0.15) is 5.70 Å². The maximum absolute atomic E-state index is 12.0. The van der Waals surface area contributed by atoms with Crippen LogP contribution in [0.1, 0.15) is 5.56 Å². The minimum absolute atomic E-state index is 0.108. The van der Waals surface area contributed by atoms with E-state index in [4.69, 9.17) is 5.11 Å². The SMILES string of the molecule is CN1C(C(=O)O)=C([O-])c2ccccc2S1(=O)=O. The zero-order valence-electron chi connectivity index (χ0n) is 8.75. The first kappa shape index (κ1) is 11.5. The summed E-state index contributed by atoms with van der Waals surface area (Å²) in [6, 6.07) is 5.53. The Kier molecular flexibility index (Phi) is 2.35. The van der Waals surface area contributed by atoms with Gasteiger partial charge in [0.25, 0.3) is 10.0 Å². The van der Waals surface area contributed by atoms with Crippen LogP contribution in [-0.4, -0.2) is 30.8 Å². The van der Waals surface area contributed by atoms with Gasteiger partial charge in [-0.1, -0.05) is 24.0 Å². The van der Waals surface area contributed by atoms with Gasteiger partial charge >= 0.3 is 5.97 Å². The van der Waals surface area contributed by atoms with Gasteiger partial charge in [-0.2, -0.15) is 0 Å². The van der Waals surface area contributed by atoms with E-state index in [1.807, 2.05) is 0 Å². The molecule has 6 nitrogen and oxygen atoms in total. The van der Waals surface area contributed by atoms with E-state index in [9.17, 15) is 18.3 Å². The molecule has 1 N–H and O–H groups in total. The van der Waals surface area contributed by atoms with Crippen molar-refractivity contribution in [1.82, 2.24) is 4.31 Å². The van der Waals surface area contributed by atoms with E-state index < -0.39 is 27.4 Å². The van der Waals surface area contributed by atoms with Crippen LogP contribution in [0.15, 0.2) is 34.9 Å². The molecule has 0 spiro atoms. The topological polar surface area (TPSA) is 97.7 Å². The van der Waals surface area contributed by atoms with Crippen LogP contribution < -0.4 is 5.11 Å². The van der Waals surface area contributed by atoms with Gasteiger partial charge in [0.15, 0.2) is 0 Å². The van der Waals surface area contributed by atoms with Crippen molar-refractivity contribution in [3.63, 3.8) is 0 Å². The van der Waals surface area contributed by atoms with Gasteiger partial charge in [0.05, 0.1) is 4.90 Å². The molecule has 0 saturated heterocycles. The minimum Gasteiger partial charge on any atom is -0.870 e. The van der Waals surface area contributed by atoms with Crippen LogP contribution in [0, 0.1) is 0 Å². The number of likely N-dealkylation sites (N-methyl/N-ethyl adjacent to an activating group) is 1. The van der Waals surface area contributed by atoms with Crippen molar-refractivity contribution in [1.29, 1.82) is 0 Å². The van der Waals surface area contributed by atoms with Crippen LogP contribution in [0.5, 0.6) is 0 Å². The van der Waals surface area contributed by atoms with Gasteiger partial charge in [-0.25, -0.2) is 13.2 Å². The summed E-state index contributed by atoms with van der Waals surface area (Å²) in [6.07, 6.45) is 0. The van der Waals surface area contributed by atoms with Gasteiger partial charge < -0.3 is 10.2 Å².